The lowest BCUT2D eigenvalue weighted by Gasteiger charge is -2.09. The summed E-state index contributed by atoms with van der Waals surface area (Å²) in [5.74, 6) is -0.498. The monoisotopic (exact) mass is 254 g/mol. The van der Waals surface area contributed by atoms with Gasteiger partial charge in [0.15, 0.2) is 0 Å². The summed E-state index contributed by atoms with van der Waals surface area (Å²) in [6.07, 6.45) is -1.95. The van der Waals surface area contributed by atoms with Gasteiger partial charge in [-0.25, -0.2) is 8.78 Å². The number of aromatic nitrogens is 1. The fraction of sp³-hybridized carbons (Fsp3) is 0.417. The van der Waals surface area contributed by atoms with E-state index in [-0.39, 0.29) is 24.3 Å². The van der Waals surface area contributed by atoms with Gasteiger partial charge >= 0.3 is 5.97 Å². The highest BCUT2D eigenvalue weighted by Crippen LogP contribution is 2.25. The van der Waals surface area contributed by atoms with Crippen LogP contribution in [0.15, 0.2) is 6.20 Å². The summed E-state index contributed by atoms with van der Waals surface area (Å²) in [4.78, 5) is 15.1. The predicted octanol–water partition coefficient (Wildman–Crippen LogP) is 2.30. The topological polar surface area (TPSA) is 63.0 Å². The van der Waals surface area contributed by atoms with Crippen LogP contribution >= 0.6 is 0 Å². The van der Waals surface area contributed by atoms with Crippen LogP contribution in [0, 0.1) is 18.3 Å². The summed E-state index contributed by atoms with van der Waals surface area (Å²) >= 11 is 0. The molecule has 6 heteroatoms. The number of pyridine rings is 1. The molecule has 18 heavy (non-hydrogen) atoms. The highest BCUT2D eigenvalue weighted by atomic mass is 19.3. The zero-order valence-corrected chi connectivity index (χ0v) is 10.0. The van der Waals surface area contributed by atoms with Crippen LogP contribution in [0.3, 0.4) is 0 Å². The van der Waals surface area contributed by atoms with Gasteiger partial charge in [-0.1, -0.05) is 0 Å². The molecule has 0 aliphatic heterocycles. The average Bonchev–Trinajstić information content (AvgIpc) is 2.31. The summed E-state index contributed by atoms with van der Waals surface area (Å²) in [7, 11) is 0. The maximum atomic E-state index is 12.6. The van der Waals surface area contributed by atoms with Crippen LogP contribution in [0.5, 0.6) is 0 Å². The molecule has 1 aromatic heterocycles. The minimum absolute atomic E-state index is 0.126. The van der Waals surface area contributed by atoms with E-state index in [0.717, 1.165) is 6.20 Å². The van der Waals surface area contributed by atoms with E-state index >= 15 is 0 Å². The molecule has 1 rings (SSSR count). The van der Waals surface area contributed by atoms with Gasteiger partial charge in [0.2, 0.25) is 0 Å². The molecule has 0 unspecified atom stereocenters. The molecule has 1 heterocycles. The number of carbonyl (C=O) groups excluding carboxylic acids is 1. The van der Waals surface area contributed by atoms with Crippen LogP contribution in [0.1, 0.15) is 35.7 Å². The first kappa shape index (κ1) is 14.0. The average molecular weight is 254 g/mol. The van der Waals surface area contributed by atoms with E-state index < -0.39 is 18.0 Å². The van der Waals surface area contributed by atoms with Gasteiger partial charge in [0.05, 0.1) is 29.8 Å². The van der Waals surface area contributed by atoms with Gasteiger partial charge in [-0.2, -0.15) is 5.26 Å². The standard InChI is InChI=1S/C12H12F2N2O2/c1-3-18-11(17)4-10-7(2)8(5-15)9(6-16-10)12(13)14/h6,12H,3-4H2,1-2H3. The number of rotatable bonds is 4. The minimum Gasteiger partial charge on any atom is -0.466 e. The number of nitrogens with zero attached hydrogens (tertiary/aromatic N) is 2. The van der Waals surface area contributed by atoms with Crippen molar-refractivity contribution in [2.75, 3.05) is 6.61 Å². The number of hydrogen-bond donors (Lipinski definition) is 0. The summed E-state index contributed by atoms with van der Waals surface area (Å²) in [6, 6.07) is 1.72. The lowest BCUT2D eigenvalue weighted by atomic mass is 10.0. The fourth-order valence-electron chi connectivity index (χ4n) is 1.51. The third-order valence-corrected chi connectivity index (χ3v) is 2.42. The van der Waals surface area contributed by atoms with Gasteiger partial charge in [-0.15, -0.1) is 0 Å². The normalized spacial score (nSPS) is 10.2. The molecule has 0 aliphatic carbocycles. The lowest BCUT2D eigenvalue weighted by molar-refractivity contribution is -0.142. The number of halogens is 2. The molecule has 0 atom stereocenters. The number of alkyl halides is 2. The van der Waals surface area contributed by atoms with Gasteiger partial charge in [0, 0.05) is 6.20 Å². The zero-order valence-electron chi connectivity index (χ0n) is 10.0. The Balaban J connectivity index is 3.11. The first-order valence-corrected chi connectivity index (χ1v) is 5.33. The van der Waals surface area contributed by atoms with Crippen molar-refractivity contribution in [3.63, 3.8) is 0 Å². The molecular weight excluding hydrogens is 242 g/mol. The van der Waals surface area contributed by atoms with E-state index in [2.05, 4.69) is 4.98 Å². The van der Waals surface area contributed by atoms with E-state index in [4.69, 9.17) is 10.00 Å². The molecule has 0 aromatic carbocycles. The maximum Gasteiger partial charge on any atom is 0.311 e. The van der Waals surface area contributed by atoms with Crippen molar-refractivity contribution in [2.24, 2.45) is 0 Å². The summed E-state index contributed by atoms with van der Waals surface area (Å²) in [6.45, 7) is 3.39. The SMILES string of the molecule is CCOC(=O)Cc1ncc(C(F)F)c(C#N)c1C. The quantitative estimate of drug-likeness (QED) is 0.773. The van der Waals surface area contributed by atoms with E-state index in [1.807, 2.05) is 0 Å². The highest BCUT2D eigenvalue weighted by Gasteiger charge is 2.19. The van der Waals surface area contributed by atoms with E-state index in [1.54, 1.807) is 13.0 Å². The molecule has 0 saturated carbocycles. The highest BCUT2D eigenvalue weighted by molar-refractivity contribution is 5.72. The maximum absolute atomic E-state index is 12.6. The molecule has 0 radical (unpaired) electrons. The Morgan fingerprint density at radius 3 is 2.78 bits per heavy atom. The second kappa shape index (κ2) is 6.05. The number of carbonyl (C=O) groups is 1. The second-order valence-electron chi connectivity index (χ2n) is 3.55. The summed E-state index contributed by atoms with van der Waals surface area (Å²) < 4.78 is 30.0. The van der Waals surface area contributed by atoms with Gasteiger partial charge in [-0.05, 0) is 19.4 Å². The van der Waals surface area contributed by atoms with E-state index in [1.165, 1.54) is 6.92 Å². The predicted molar refractivity (Wildman–Crippen MR) is 59.0 cm³/mol. The van der Waals surface area contributed by atoms with Crippen LogP contribution in [-0.4, -0.2) is 17.6 Å². The molecule has 0 bridgehead atoms. The Morgan fingerprint density at radius 1 is 1.61 bits per heavy atom. The Kier molecular flexibility index (Phi) is 4.72. The fourth-order valence-corrected chi connectivity index (χ4v) is 1.51. The molecule has 0 aliphatic rings. The third kappa shape index (κ3) is 3.00. The number of hydrogen-bond acceptors (Lipinski definition) is 4. The van der Waals surface area contributed by atoms with Crippen molar-refractivity contribution in [1.82, 2.24) is 4.98 Å². The van der Waals surface area contributed by atoms with Gasteiger partial charge in [-0.3, -0.25) is 9.78 Å². The second-order valence-corrected chi connectivity index (χ2v) is 3.55. The third-order valence-electron chi connectivity index (χ3n) is 2.42. The van der Waals surface area contributed by atoms with Crippen LogP contribution in [0.4, 0.5) is 8.78 Å². The molecule has 1 aromatic rings. The Hall–Kier alpha value is -2.03. The van der Waals surface area contributed by atoms with Crippen molar-refractivity contribution in [1.29, 1.82) is 5.26 Å². The Bertz CT molecular complexity index is 496. The van der Waals surface area contributed by atoms with Crippen molar-refractivity contribution < 1.29 is 18.3 Å². The van der Waals surface area contributed by atoms with E-state index in [0.29, 0.717) is 5.56 Å². The molecule has 0 amide bonds. The Morgan fingerprint density at radius 2 is 2.28 bits per heavy atom. The van der Waals surface area contributed by atoms with Crippen LogP contribution in [0.25, 0.3) is 0 Å². The van der Waals surface area contributed by atoms with Crippen LogP contribution in [-0.2, 0) is 16.0 Å². The molecular formula is C12H12F2N2O2. The molecule has 4 nitrogen and oxygen atoms in total. The molecule has 0 spiro atoms. The first-order valence-electron chi connectivity index (χ1n) is 5.33. The lowest BCUT2D eigenvalue weighted by Crippen LogP contribution is -2.11. The van der Waals surface area contributed by atoms with Crippen LogP contribution < -0.4 is 0 Å². The molecule has 0 fully saturated rings. The van der Waals surface area contributed by atoms with E-state index in [9.17, 15) is 13.6 Å². The first-order chi connectivity index (χ1) is 8.51. The van der Waals surface area contributed by atoms with Crippen LogP contribution in [0.2, 0.25) is 0 Å². The summed E-state index contributed by atoms with van der Waals surface area (Å²) in [5, 5.41) is 8.88. The zero-order chi connectivity index (χ0) is 13.7. The number of nitriles is 1. The minimum atomic E-state index is -2.76. The number of esters is 1. The molecule has 96 valence electrons. The van der Waals surface area contributed by atoms with Crippen molar-refractivity contribution >= 4 is 5.97 Å². The van der Waals surface area contributed by atoms with Crippen molar-refractivity contribution in [3.05, 3.63) is 28.6 Å². The molecule has 0 N–H and O–H groups in total. The summed E-state index contributed by atoms with van der Waals surface area (Å²) in [5.41, 5.74) is 0.0414. The Labute approximate surface area is 103 Å². The smallest absolute Gasteiger partial charge is 0.311 e. The van der Waals surface area contributed by atoms with Crippen molar-refractivity contribution in [2.45, 2.75) is 26.7 Å². The number of ether oxygens (including phenoxy) is 1. The largest absolute Gasteiger partial charge is 0.466 e. The molecule has 0 saturated heterocycles. The van der Waals surface area contributed by atoms with Gasteiger partial charge < -0.3 is 4.74 Å². The van der Waals surface area contributed by atoms with Crippen molar-refractivity contribution in [3.8, 4) is 6.07 Å². The van der Waals surface area contributed by atoms with Gasteiger partial charge in [0.25, 0.3) is 6.43 Å². The van der Waals surface area contributed by atoms with Gasteiger partial charge in [0.1, 0.15) is 6.07 Å².